The number of hydrogen-bond donors (Lipinski definition) is 2. The maximum Gasteiger partial charge on any atom is 0.180 e. The number of phenols is 1. The smallest absolute Gasteiger partial charge is 0.180 e. The van der Waals surface area contributed by atoms with E-state index in [1.165, 1.54) is 0 Å². The zero-order valence-corrected chi connectivity index (χ0v) is 11.4. The molecule has 0 atom stereocenters. The molecule has 1 aromatic carbocycles. The SMILES string of the molecule is CC(C)Nc1nccn2c(-c3ccc(O)cc3)cnc12. The van der Waals surface area contributed by atoms with Gasteiger partial charge in [-0.15, -0.1) is 0 Å². The van der Waals surface area contributed by atoms with Crippen molar-refractivity contribution in [2.24, 2.45) is 0 Å². The van der Waals surface area contributed by atoms with Crippen LogP contribution in [0.25, 0.3) is 16.9 Å². The van der Waals surface area contributed by atoms with E-state index in [0.717, 1.165) is 22.7 Å². The summed E-state index contributed by atoms with van der Waals surface area (Å²) in [5.41, 5.74) is 2.76. The molecule has 5 nitrogen and oxygen atoms in total. The number of aromatic hydroxyl groups is 1. The lowest BCUT2D eigenvalue weighted by molar-refractivity contribution is 0.475. The second kappa shape index (κ2) is 4.85. The van der Waals surface area contributed by atoms with Crippen molar-refractivity contribution in [2.75, 3.05) is 5.32 Å². The molecule has 0 saturated heterocycles. The summed E-state index contributed by atoms with van der Waals surface area (Å²) in [5.74, 6) is 1.03. The van der Waals surface area contributed by atoms with E-state index in [9.17, 15) is 5.11 Å². The first kappa shape index (κ1) is 12.5. The summed E-state index contributed by atoms with van der Waals surface area (Å²) in [6.07, 6.45) is 5.45. The minimum absolute atomic E-state index is 0.256. The first-order chi connectivity index (χ1) is 9.65. The lowest BCUT2D eigenvalue weighted by Crippen LogP contribution is -2.12. The summed E-state index contributed by atoms with van der Waals surface area (Å²) in [6.45, 7) is 4.13. The van der Waals surface area contributed by atoms with Crippen LogP contribution in [0.1, 0.15) is 13.8 Å². The van der Waals surface area contributed by atoms with Gasteiger partial charge in [-0.2, -0.15) is 0 Å². The van der Waals surface area contributed by atoms with Gasteiger partial charge in [0, 0.05) is 24.0 Å². The van der Waals surface area contributed by atoms with Crippen LogP contribution in [0.3, 0.4) is 0 Å². The fourth-order valence-electron chi connectivity index (χ4n) is 2.14. The van der Waals surface area contributed by atoms with Gasteiger partial charge in [-0.05, 0) is 38.1 Å². The van der Waals surface area contributed by atoms with Crippen molar-refractivity contribution < 1.29 is 5.11 Å². The number of nitrogens with zero attached hydrogens (tertiary/aromatic N) is 3. The molecule has 2 heterocycles. The van der Waals surface area contributed by atoms with E-state index in [4.69, 9.17) is 0 Å². The van der Waals surface area contributed by atoms with Crippen LogP contribution in [-0.2, 0) is 0 Å². The second-order valence-electron chi connectivity index (χ2n) is 4.96. The molecule has 0 aliphatic rings. The normalized spacial score (nSPS) is 11.2. The molecule has 0 amide bonds. The summed E-state index contributed by atoms with van der Waals surface area (Å²) in [4.78, 5) is 8.78. The highest BCUT2D eigenvalue weighted by Gasteiger charge is 2.10. The number of nitrogens with one attached hydrogen (secondary N) is 1. The van der Waals surface area contributed by atoms with E-state index in [-0.39, 0.29) is 5.75 Å². The van der Waals surface area contributed by atoms with Gasteiger partial charge in [0.15, 0.2) is 11.5 Å². The Kier molecular flexibility index (Phi) is 3.02. The molecule has 0 spiro atoms. The van der Waals surface area contributed by atoms with Crippen molar-refractivity contribution >= 4 is 11.5 Å². The molecule has 0 aliphatic heterocycles. The van der Waals surface area contributed by atoms with Crippen molar-refractivity contribution in [3.63, 3.8) is 0 Å². The van der Waals surface area contributed by atoms with Gasteiger partial charge in [-0.1, -0.05) is 0 Å². The summed E-state index contributed by atoms with van der Waals surface area (Å²) in [6, 6.07) is 7.37. The molecule has 0 aliphatic carbocycles. The number of phenolic OH excluding ortho intramolecular Hbond substituents is 1. The Labute approximate surface area is 116 Å². The van der Waals surface area contributed by atoms with Crippen LogP contribution in [0.15, 0.2) is 42.9 Å². The number of fused-ring (bicyclic) bond motifs is 1. The van der Waals surface area contributed by atoms with Crippen molar-refractivity contribution in [3.05, 3.63) is 42.9 Å². The van der Waals surface area contributed by atoms with Crippen LogP contribution in [-0.4, -0.2) is 25.5 Å². The first-order valence-electron chi connectivity index (χ1n) is 6.53. The molecule has 5 heteroatoms. The highest BCUT2D eigenvalue weighted by molar-refractivity contribution is 5.70. The molecule has 2 N–H and O–H groups in total. The van der Waals surface area contributed by atoms with Gasteiger partial charge < -0.3 is 10.4 Å². The number of rotatable bonds is 3. The average Bonchev–Trinajstić information content (AvgIpc) is 2.84. The predicted molar refractivity (Wildman–Crippen MR) is 78.8 cm³/mol. The molecule has 3 aromatic rings. The average molecular weight is 268 g/mol. The maximum absolute atomic E-state index is 9.37. The standard InChI is InChI=1S/C15H16N4O/c1-10(2)18-14-15-17-9-13(19(15)8-7-16-14)11-3-5-12(20)6-4-11/h3-10,20H,1-2H3,(H,16,18). The molecule has 0 radical (unpaired) electrons. The van der Waals surface area contributed by atoms with Gasteiger partial charge in [0.1, 0.15) is 5.75 Å². The fraction of sp³-hybridized carbons (Fsp3) is 0.200. The number of benzene rings is 1. The molecule has 20 heavy (non-hydrogen) atoms. The van der Waals surface area contributed by atoms with E-state index < -0.39 is 0 Å². The van der Waals surface area contributed by atoms with E-state index in [0.29, 0.717) is 6.04 Å². The summed E-state index contributed by atoms with van der Waals surface area (Å²) in [5, 5.41) is 12.7. The largest absolute Gasteiger partial charge is 0.508 e. The Hall–Kier alpha value is -2.56. The summed E-state index contributed by atoms with van der Waals surface area (Å²) >= 11 is 0. The number of aromatic nitrogens is 3. The van der Waals surface area contributed by atoms with Crippen LogP contribution >= 0.6 is 0 Å². The zero-order chi connectivity index (χ0) is 14.1. The van der Waals surface area contributed by atoms with Crippen molar-refractivity contribution in [1.82, 2.24) is 14.4 Å². The molecule has 102 valence electrons. The number of hydrogen-bond acceptors (Lipinski definition) is 4. The van der Waals surface area contributed by atoms with Crippen LogP contribution in [0.4, 0.5) is 5.82 Å². The second-order valence-corrected chi connectivity index (χ2v) is 4.96. The topological polar surface area (TPSA) is 62.5 Å². The molecule has 0 saturated carbocycles. The fourth-order valence-corrected chi connectivity index (χ4v) is 2.14. The van der Waals surface area contributed by atoms with E-state index >= 15 is 0 Å². The third kappa shape index (κ3) is 2.18. The lowest BCUT2D eigenvalue weighted by atomic mass is 10.1. The van der Waals surface area contributed by atoms with Gasteiger partial charge in [-0.25, -0.2) is 9.97 Å². The first-order valence-corrected chi connectivity index (χ1v) is 6.53. The van der Waals surface area contributed by atoms with Gasteiger partial charge in [0.25, 0.3) is 0 Å². The molecule has 2 aromatic heterocycles. The van der Waals surface area contributed by atoms with E-state index in [1.54, 1.807) is 18.3 Å². The Bertz CT molecular complexity index is 731. The molecule has 3 rings (SSSR count). The number of imidazole rings is 1. The van der Waals surface area contributed by atoms with Crippen molar-refractivity contribution in [1.29, 1.82) is 0 Å². The van der Waals surface area contributed by atoms with E-state index in [2.05, 4.69) is 29.1 Å². The molecular weight excluding hydrogens is 252 g/mol. The van der Waals surface area contributed by atoms with Gasteiger partial charge in [0.05, 0.1) is 11.9 Å². The summed E-state index contributed by atoms with van der Waals surface area (Å²) in [7, 11) is 0. The van der Waals surface area contributed by atoms with Crippen LogP contribution < -0.4 is 5.32 Å². The molecule has 0 unspecified atom stereocenters. The van der Waals surface area contributed by atoms with Crippen LogP contribution in [0.2, 0.25) is 0 Å². The maximum atomic E-state index is 9.37. The van der Waals surface area contributed by atoms with Gasteiger partial charge in [-0.3, -0.25) is 4.40 Å². The van der Waals surface area contributed by atoms with Crippen molar-refractivity contribution in [3.8, 4) is 17.0 Å². The minimum atomic E-state index is 0.256. The quantitative estimate of drug-likeness (QED) is 0.766. The molecule has 0 fully saturated rings. The number of anilines is 1. The third-order valence-corrected chi connectivity index (χ3v) is 3.02. The van der Waals surface area contributed by atoms with E-state index in [1.807, 2.05) is 28.9 Å². The highest BCUT2D eigenvalue weighted by atomic mass is 16.3. The Morgan fingerprint density at radius 3 is 2.60 bits per heavy atom. The minimum Gasteiger partial charge on any atom is -0.508 e. The Morgan fingerprint density at radius 1 is 1.15 bits per heavy atom. The Balaban J connectivity index is 2.12. The highest BCUT2D eigenvalue weighted by Crippen LogP contribution is 2.25. The molecule has 0 bridgehead atoms. The zero-order valence-electron chi connectivity index (χ0n) is 11.4. The predicted octanol–water partition coefficient (Wildman–Crippen LogP) is 2.92. The summed E-state index contributed by atoms with van der Waals surface area (Å²) < 4.78 is 1.99. The van der Waals surface area contributed by atoms with Crippen LogP contribution in [0, 0.1) is 0 Å². The monoisotopic (exact) mass is 268 g/mol. The molecular formula is C15H16N4O. The van der Waals surface area contributed by atoms with Crippen molar-refractivity contribution in [2.45, 2.75) is 19.9 Å². The third-order valence-electron chi connectivity index (χ3n) is 3.02. The lowest BCUT2D eigenvalue weighted by Gasteiger charge is -2.10. The Morgan fingerprint density at radius 2 is 1.90 bits per heavy atom. The van der Waals surface area contributed by atoms with Gasteiger partial charge in [0.2, 0.25) is 0 Å². The van der Waals surface area contributed by atoms with Gasteiger partial charge >= 0.3 is 0 Å². The van der Waals surface area contributed by atoms with Crippen LogP contribution in [0.5, 0.6) is 5.75 Å².